The molecule has 256 valence electrons. The van der Waals surface area contributed by atoms with Gasteiger partial charge < -0.3 is 20.2 Å². The number of thiol groups is 1. The Morgan fingerprint density at radius 3 is 2.02 bits per heavy atom. The Balaban J connectivity index is 1.35. The third-order valence-electron chi connectivity index (χ3n) is 9.32. The van der Waals surface area contributed by atoms with Crippen molar-refractivity contribution in [3.63, 3.8) is 0 Å². The van der Waals surface area contributed by atoms with Gasteiger partial charge in [0.15, 0.2) is 0 Å². The van der Waals surface area contributed by atoms with E-state index < -0.39 is 11.4 Å². The Hall–Kier alpha value is -5.90. The van der Waals surface area contributed by atoms with Crippen LogP contribution in [-0.2, 0) is 13.1 Å². The lowest BCUT2D eigenvalue weighted by Gasteiger charge is -2.22. The van der Waals surface area contributed by atoms with Gasteiger partial charge in [-0.1, -0.05) is 66.2 Å². The normalized spacial score (nSPS) is 11.5. The van der Waals surface area contributed by atoms with E-state index >= 15 is 0 Å². The van der Waals surface area contributed by atoms with E-state index in [1.54, 1.807) is 30.3 Å². The molecule has 6 aromatic rings. The van der Waals surface area contributed by atoms with Crippen molar-refractivity contribution in [1.82, 2.24) is 9.97 Å². The quantitative estimate of drug-likeness (QED) is 0.0905. The summed E-state index contributed by atoms with van der Waals surface area (Å²) in [4.78, 5) is 36.7. The molecule has 3 N–H and O–H groups in total. The van der Waals surface area contributed by atoms with Crippen molar-refractivity contribution in [3.05, 3.63) is 146 Å². The number of pyridine rings is 2. The molecular formula is C42H31ClN4O4S. The standard InChI is InChI=1S/C42H31ClN4O4S/c1-22-13-15-24-7-5-11-33(37(24)46-22)44-20-30-35(52)18-17-28-36(26-9-3-4-10-27(26)42(49)50)29-19-32(43)39(48)31(41(29)51-40(28)30)21-45-34-12-6-8-25-16-14-23(2)47-38(25)34/h3-19,44-45,52H,20-21H2,1-2H3,(H,49,50). The van der Waals surface area contributed by atoms with Crippen LogP contribution >= 0.6 is 24.2 Å². The average molecular weight is 723 g/mol. The molecule has 2 aliphatic rings. The molecule has 0 fully saturated rings. The minimum atomic E-state index is -1.09. The van der Waals surface area contributed by atoms with Crippen molar-refractivity contribution >= 4 is 74.3 Å². The van der Waals surface area contributed by atoms with Gasteiger partial charge in [0, 0.05) is 62.2 Å². The molecule has 10 heteroatoms. The van der Waals surface area contributed by atoms with Crippen molar-refractivity contribution in [2.75, 3.05) is 10.6 Å². The number of carboxylic acids is 1. The number of carbonyl (C=O) groups is 1. The maximum absolute atomic E-state index is 13.9. The second-order valence-corrected chi connectivity index (χ2v) is 13.6. The van der Waals surface area contributed by atoms with E-state index in [4.69, 9.17) is 38.6 Å². The van der Waals surface area contributed by atoms with E-state index in [0.29, 0.717) is 44.7 Å². The number of aromatic nitrogens is 2. The number of fused-ring (bicyclic) bond motifs is 4. The topological polar surface area (TPSA) is 117 Å². The highest BCUT2D eigenvalue weighted by molar-refractivity contribution is 7.80. The van der Waals surface area contributed by atoms with Crippen LogP contribution in [0, 0.1) is 13.8 Å². The molecule has 8 nitrogen and oxygen atoms in total. The first-order valence-corrected chi connectivity index (χ1v) is 17.5. The fourth-order valence-electron chi connectivity index (χ4n) is 6.80. The number of carboxylic acid groups (broad SMARTS) is 1. The summed E-state index contributed by atoms with van der Waals surface area (Å²) in [6.07, 6.45) is 0. The number of para-hydroxylation sites is 2. The van der Waals surface area contributed by atoms with E-state index in [2.05, 4.69) is 10.6 Å². The predicted octanol–water partition coefficient (Wildman–Crippen LogP) is 10.1. The Labute approximate surface area is 308 Å². The van der Waals surface area contributed by atoms with Crippen LogP contribution in [-0.4, -0.2) is 21.0 Å². The molecule has 0 bridgehead atoms. The number of halogens is 1. The second kappa shape index (κ2) is 13.3. The first kappa shape index (κ1) is 33.3. The fourth-order valence-corrected chi connectivity index (χ4v) is 7.28. The van der Waals surface area contributed by atoms with Crippen LogP contribution in [0.4, 0.5) is 11.4 Å². The maximum atomic E-state index is 13.9. The van der Waals surface area contributed by atoms with E-state index in [1.807, 2.05) is 86.6 Å². The van der Waals surface area contributed by atoms with Gasteiger partial charge in [0.2, 0.25) is 5.43 Å². The molecule has 0 radical (unpaired) electrons. The van der Waals surface area contributed by atoms with Crippen molar-refractivity contribution in [3.8, 4) is 22.5 Å². The lowest BCUT2D eigenvalue weighted by Crippen LogP contribution is -2.17. The Morgan fingerprint density at radius 2 is 1.38 bits per heavy atom. The fraction of sp³-hybridized carbons (Fsp3) is 0.0952. The molecule has 0 atom stereocenters. The molecule has 0 spiro atoms. The number of aromatic carboxylic acids is 1. The van der Waals surface area contributed by atoms with Gasteiger partial charge in [-0.15, -0.1) is 12.6 Å². The average Bonchev–Trinajstić information content (AvgIpc) is 3.14. The zero-order chi connectivity index (χ0) is 36.1. The van der Waals surface area contributed by atoms with Crippen LogP contribution in [0.5, 0.6) is 0 Å². The molecule has 1 aliphatic carbocycles. The lowest BCUT2D eigenvalue weighted by atomic mass is 9.88. The zero-order valence-corrected chi connectivity index (χ0v) is 29.8. The van der Waals surface area contributed by atoms with Gasteiger partial charge in [0.25, 0.3) is 0 Å². The smallest absolute Gasteiger partial charge is 0.336 e. The van der Waals surface area contributed by atoms with Crippen molar-refractivity contribution in [2.24, 2.45) is 0 Å². The van der Waals surface area contributed by atoms with Gasteiger partial charge in [-0.2, -0.15) is 0 Å². The second-order valence-electron chi connectivity index (χ2n) is 12.7. The molecule has 0 amide bonds. The Bertz CT molecular complexity index is 2760. The summed E-state index contributed by atoms with van der Waals surface area (Å²) in [5, 5.41) is 19.8. The molecule has 8 rings (SSSR count). The summed E-state index contributed by atoms with van der Waals surface area (Å²) in [5.41, 5.74) is 7.65. The third-order valence-corrected chi connectivity index (χ3v) is 10.0. The molecule has 2 aromatic heterocycles. The monoisotopic (exact) mass is 722 g/mol. The number of anilines is 2. The molecular weight excluding hydrogens is 692 g/mol. The molecule has 3 heterocycles. The highest BCUT2D eigenvalue weighted by Crippen LogP contribution is 2.45. The largest absolute Gasteiger partial charge is 0.478 e. The molecule has 0 saturated carbocycles. The minimum absolute atomic E-state index is 0.00810. The van der Waals surface area contributed by atoms with Crippen molar-refractivity contribution < 1.29 is 14.3 Å². The van der Waals surface area contributed by atoms with Crippen LogP contribution in [0.3, 0.4) is 0 Å². The molecule has 0 saturated heterocycles. The molecule has 52 heavy (non-hydrogen) atoms. The van der Waals surface area contributed by atoms with Gasteiger partial charge in [-0.25, -0.2) is 4.79 Å². The summed E-state index contributed by atoms with van der Waals surface area (Å²) in [6, 6.07) is 31.8. The third kappa shape index (κ3) is 5.87. The van der Waals surface area contributed by atoms with Crippen LogP contribution in [0.1, 0.15) is 32.9 Å². The number of hydrogen-bond acceptors (Lipinski definition) is 8. The molecule has 1 aliphatic heterocycles. The van der Waals surface area contributed by atoms with Crippen molar-refractivity contribution in [2.45, 2.75) is 31.8 Å². The van der Waals surface area contributed by atoms with Crippen LogP contribution in [0.2, 0.25) is 5.02 Å². The summed E-state index contributed by atoms with van der Waals surface area (Å²) in [5.74, 6) is -0.798. The highest BCUT2D eigenvalue weighted by Gasteiger charge is 2.27. The van der Waals surface area contributed by atoms with E-state index in [1.165, 1.54) is 0 Å². The number of nitrogens with one attached hydrogen (secondary N) is 2. The first-order chi connectivity index (χ1) is 25.2. The van der Waals surface area contributed by atoms with Gasteiger partial charge >= 0.3 is 5.97 Å². The number of benzene rings is 5. The highest BCUT2D eigenvalue weighted by atomic mass is 35.5. The summed E-state index contributed by atoms with van der Waals surface area (Å²) >= 11 is 11.6. The minimum Gasteiger partial charge on any atom is -0.478 e. The Morgan fingerprint density at radius 1 is 0.769 bits per heavy atom. The maximum Gasteiger partial charge on any atom is 0.336 e. The van der Waals surface area contributed by atoms with Gasteiger partial charge in [0.1, 0.15) is 11.3 Å². The lowest BCUT2D eigenvalue weighted by molar-refractivity contribution is 0.0697. The SMILES string of the molecule is Cc1ccc2cccc(NCc3c4oc5c(CNc6cccc7ccc(C)nc67)c(S)ccc5c(-c5ccccc5C(=O)O)c-4cc(Cl)c3=O)c2n1. The number of rotatable bonds is 8. The van der Waals surface area contributed by atoms with E-state index in [-0.39, 0.29) is 22.9 Å². The zero-order valence-electron chi connectivity index (χ0n) is 28.1. The number of hydrogen-bond donors (Lipinski definition) is 4. The van der Waals surface area contributed by atoms with Gasteiger partial charge in [-0.05, 0) is 67.9 Å². The van der Waals surface area contributed by atoms with Crippen LogP contribution in [0.25, 0.3) is 55.2 Å². The van der Waals surface area contributed by atoms with Crippen LogP contribution in [0.15, 0.2) is 117 Å². The predicted molar refractivity (Wildman–Crippen MR) is 211 cm³/mol. The number of aryl methyl sites for hydroxylation is 2. The summed E-state index contributed by atoms with van der Waals surface area (Å²) in [7, 11) is 0. The first-order valence-electron chi connectivity index (χ1n) is 16.6. The molecule has 4 aromatic carbocycles. The van der Waals surface area contributed by atoms with Gasteiger partial charge in [0.05, 0.1) is 38.6 Å². The summed E-state index contributed by atoms with van der Waals surface area (Å²) < 4.78 is 6.81. The Kier molecular flexibility index (Phi) is 8.53. The van der Waals surface area contributed by atoms with Gasteiger partial charge in [-0.3, -0.25) is 14.8 Å². The number of nitrogens with zero attached hydrogens (tertiary/aromatic N) is 2. The van der Waals surface area contributed by atoms with Crippen LogP contribution < -0.4 is 16.1 Å². The van der Waals surface area contributed by atoms with E-state index in [9.17, 15) is 14.7 Å². The van der Waals surface area contributed by atoms with E-state index in [0.717, 1.165) is 50.1 Å². The summed E-state index contributed by atoms with van der Waals surface area (Å²) in [6.45, 7) is 4.24. The molecule has 0 unspecified atom stereocenters. The van der Waals surface area contributed by atoms with Crippen molar-refractivity contribution in [1.29, 1.82) is 0 Å².